The number of aromatic nitrogens is 2. The van der Waals surface area contributed by atoms with E-state index in [2.05, 4.69) is 21.7 Å². The minimum absolute atomic E-state index is 0.00744. The molecule has 3 rings (SSSR count). The largest absolute Gasteiger partial charge is 0.481 e. The summed E-state index contributed by atoms with van der Waals surface area (Å²) in [6.45, 7) is 1.94. The van der Waals surface area contributed by atoms with Crippen LogP contribution in [0.15, 0.2) is 36.7 Å². The molecule has 0 amide bonds. The van der Waals surface area contributed by atoms with Crippen LogP contribution in [-0.2, 0) is 11.8 Å². The second-order valence-electron chi connectivity index (χ2n) is 5.23. The van der Waals surface area contributed by atoms with Crippen LogP contribution in [-0.4, -0.2) is 20.6 Å². The van der Waals surface area contributed by atoms with Crippen molar-refractivity contribution in [3.05, 3.63) is 42.2 Å². The highest BCUT2D eigenvalue weighted by Gasteiger charge is 2.13. The minimum atomic E-state index is -0.765. The number of carboxylic acids is 1. The van der Waals surface area contributed by atoms with E-state index in [4.69, 9.17) is 5.11 Å². The Morgan fingerprint density at radius 1 is 1.30 bits per heavy atom. The fourth-order valence-corrected chi connectivity index (χ4v) is 2.76. The molecular formula is C16H16N2O2. The predicted molar refractivity (Wildman–Crippen MR) is 78.9 cm³/mol. The van der Waals surface area contributed by atoms with E-state index < -0.39 is 5.97 Å². The molecule has 1 aromatic carbocycles. The predicted octanol–water partition coefficient (Wildman–Crippen LogP) is 3.30. The Labute approximate surface area is 116 Å². The molecule has 4 nitrogen and oxygen atoms in total. The van der Waals surface area contributed by atoms with Crippen LogP contribution in [0.4, 0.5) is 0 Å². The summed E-state index contributed by atoms with van der Waals surface area (Å²) in [4.78, 5) is 15.0. The summed E-state index contributed by atoms with van der Waals surface area (Å²) in [7, 11) is 2.02. The third kappa shape index (κ3) is 1.93. The van der Waals surface area contributed by atoms with Crippen molar-refractivity contribution >= 4 is 27.8 Å². The summed E-state index contributed by atoms with van der Waals surface area (Å²) in [5, 5.41) is 11.2. The SMILES string of the molecule is CC(CC(=O)O)c1ccc2c3cnccc3n(C)c2c1. The minimum Gasteiger partial charge on any atom is -0.481 e. The van der Waals surface area contributed by atoms with Crippen LogP contribution in [0.1, 0.15) is 24.8 Å². The van der Waals surface area contributed by atoms with E-state index in [1.807, 2.05) is 32.3 Å². The van der Waals surface area contributed by atoms with Crippen LogP contribution in [0.25, 0.3) is 21.8 Å². The molecule has 0 saturated carbocycles. The maximum Gasteiger partial charge on any atom is 0.303 e. The van der Waals surface area contributed by atoms with Gasteiger partial charge in [0.05, 0.1) is 11.9 Å². The van der Waals surface area contributed by atoms with Gasteiger partial charge in [-0.3, -0.25) is 9.78 Å². The number of carboxylic acid groups (broad SMARTS) is 1. The molecule has 102 valence electrons. The molecule has 0 aliphatic carbocycles. The molecule has 4 heteroatoms. The molecule has 0 aliphatic rings. The molecule has 1 unspecified atom stereocenters. The van der Waals surface area contributed by atoms with Crippen molar-refractivity contribution in [2.75, 3.05) is 0 Å². The van der Waals surface area contributed by atoms with Crippen LogP contribution in [0.2, 0.25) is 0 Å². The van der Waals surface area contributed by atoms with Gasteiger partial charge in [-0.2, -0.15) is 0 Å². The second-order valence-corrected chi connectivity index (χ2v) is 5.23. The van der Waals surface area contributed by atoms with E-state index in [-0.39, 0.29) is 12.3 Å². The van der Waals surface area contributed by atoms with Gasteiger partial charge in [0.25, 0.3) is 0 Å². The lowest BCUT2D eigenvalue weighted by molar-refractivity contribution is -0.137. The van der Waals surface area contributed by atoms with E-state index in [0.29, 0.717) is 0 Å². The van der Waals surface area contributed by atoms with Crippen molar-refractivity contribution < 1.29 is 9.90 Å². The number of hydrogen-bond acceptors (Lipinski definition) is 2. The number of hydrogen-bond donors (Lipinski definition) is 1. The molecule has 0 bridgehead atoms. The van der Waals surface area contributed by atoms with Crippen molar-refractivity contribution in [3.63, 3.8) is 0 Å². The number of aliphatic carboxylic acids is 1. The number of rotatable bonds is 3. The summed E-state index contributed by atoms with van der Waals surface area (Å²) in [6.07, 6.45) is 3.81. The first-order valence-corrected chi connectivity index (χ1v) is 6.62. The molecular weight excluding hydrogens is 252 g/mol. The van der Waals surface area contributed by atoms with E-state index in [0.717, 1.165) is 27.4 Å². The molecule has 0 fully saturated rings. The van der Waals surface area contributed by atoms with E-state index in [9.17, 15) is 4.79 Å². The van der Waals surface area contributed by atoms with Crippen molar-refractivity contribution in [2.45, 2.75) is 19.3 Å². The van der Waals surface area contributed by atoms with Gasteiger partial charge < -0.3 is 9.67 Å². The van der Waals surface area contributed by atoms with Crippen LogP contribution >= 0.6 is 0 Å². The lowest BCUT2D eigenvalue weighted by atomic mass is 9.97. The van der Waals surface area contributed by atoms with Gasteiger partial charge in [0.15, 0.2) is 0 Å². The lowest BCUT2D eigenvalue weighted by Gasteiger charge is -2.09. The van der Waals surface area contributed by atoms with Gasteiger partial charge in [-0.1, -0.05) is 19.1 Å². The van der Waals surface area contributed by atoms with E-state index in [1.165, 1.54) is 0 Å². The first-order chi connectivity index (χ1) is 9.58. The molecule has 0 aliphatic heterocycles. The highest BCUT2D eigenvalue weighted by atomic mass is 16.4. The third-order valence-corrected chi connectivity index (χ3v) is 3.88. The Morgan fingerprint density at radius 2 is 2.10 bits per heavy atom. The molecule has 0 spiro atoms. The molecule has 2 aromatic heterocycles. The maximum absolute atomic E-state index is 10.8. The van der Waals surface area contributed by atoms with Gasteiger partial charge in [-0.05, 0) is 23.6 Å². The fraction of sp³-hybridized carbons (Fsp3) is 0.250. The Kier molecular flexibility index (Phi) is 2.93. The lowest BCUT2D eigenvalue weighted by Crippen LogP contribution is -2.02. The summed E-state index contributed by atoms with van der Waals surface area (Å²) < 4.78 is 2.13. The second kappa shape index (κ2) is 4.63. The van der Waals surface area contributed by atoms with E-state index >= 15 is 0 Å². The molecule has 1 N–H and O–H groups in total. The van der Waals surface area contributed by atoms with Crippen LogP contribution in [0.3, 0.4) is 0 Å². The third-order valence-electron chi connectivity index (χ3n) is 3.88. The standard InChI is InChI=1S/C16H16N2O2/c1-10(7-16(19)20)11-3-4-12-13-9-17-6-5-14(13)18(2)15(12)8-11/h3-6,8-10H,7H2,1-2H3,(H,19,20). The highest BCUT2D eigenvalue weighted by Crippen LogP contribution is 2.30. The van der Waals surface area contributed by atoms with Gasteiger partial charge >= 0.3 is 5.97 Å². The van der Waals surface area contributed by atoms with Gasteiger partial charge in [0, 0.05) is 35.7 Å². The normalized spacial score (nSPS) is 12.9. The molecule has 2 heterocycles. The first kappa shape index (κ1) is 12.7. The molecule has 3 aromatic rings. The number of fused-ring (bicyclic) bond motifs is 3. The van der Waals surface area contributed by atoms with Crippen molar-refractivity contribution in [1.29, 1.82) is 0 Å². The summed E-state index contributed by atoms with van der Waals surface area (Å²) in [6, 6.07) is 8.16. The molecule has 20 heavy (non-hydrogen) atoms. The Morgan fingerprint density at radius 3 is 2.85 bits per heavy atom. The average Bonchev–Trinajstić information content (AvgIpc) is 2.72. The van der Waals surface area contributed by atoms with Gasteiger partial charge in [0.2, 0.25) is 0 Å². The zero-order valence-electron chi connectivity index (χ0n) is 11.5. The number of benzene rings is 1. The van der Waals surface area contributed by atoms with Gasteiger partial charge in [-0.25, -0.2) is 0 Å². The Balaban J connectivity index is 2.18. The van der Waals surface area contributed by atoms with Gasteiger partial charge in [0.1, 0.15) is 0 Å². The number of nitrogens with zero attached hydrogens (tertiary/aromatic N) is 2. The van der Waals surface area contributed by atoms with Crippen LogP contribution in [0, 0.1) is 0 Å². The summed E-state index contributed by atoms with van der Waals surface area (Å²) in [5.74, 6) is -0.758. The smallest absolute Gasteiger partial charge is 0.303 e. The zero-order chi connectivity index (χ0) is 14.3. The fourth-order valence-electron chi connectivity index (χ4n) is 2.76. The van der Waals surface area contributed by atoms with Crippen LogP contribution in [0.5, 0.6) is 0 Å². The van der Waals surface area contributed by atoms with Crippen molar-refractivity contribution in [1.82, 2.24) is 9.55 Å². The monoisotopic (exact) mass is 268 g/mol. The maximum atomic E-state index is 10.8. The number of pyridine rings is 1. The van der Waals surface area contributed by atoms with Crippen LogP contribution < -0.4 is 0 Å². The summed E-state index contributed by atoms with van der Waals surface area (Å²) in [5.41, 5.74) is 3.31. The summed E-state index contributed by atoms with van der Waals surface area (Å²) >= 11 is 0. The Hall–Kier alpha value is -2.36. The van der Waals surface area contributed by atoms with Crippen molar-refractivity contribution in [3.8, 4) is 0 Å². The zero-order valence-corrected chi connectivity index (χ0v) is 11.5. The average molecular weight is 268 g/mol. The number of aryl methyl sites for hydroxylation is 1. The highest BCUT2D eigenvalue weighted by molar-refractivity contribution is 6.07. The molecule has 0 radical (unpaired) electrons. The first-order valence-electron chi connectivity index (χ1n) is 6.62. The number of carbonyl (C=O) groups is 1. The Bertz CT molecular complexity index is 805. The quantitative estimate of drug-likeness (QED) is 0.793. The molecule has 1 atom stereocenters. The van der Waals surface area contributed by atoms with E-state index in [1.54, 1.807) is 6.20 Å². The molecule has 0 saturated heterocycles. The van der Waals surface area contributed by atoms with Crippen molar-refractivity contribution in [2.24, 2.45) is 7.05 Å². The topological polar surface area (TPSA) is 55.1 Å². The van der Waals surface area contributed by atoms with Gasteiger partial charge in [-0.15, -0.1) is 0 Å².